The minimum atomic E-state index is 0.449. The molecule has 2 heterocycles. The Kier molecular flexibility index (Phi) is 3.25. The molecule has 6 heteroatoms. The maximum Gasteiger partial charge on any atom is 0.182 e. The van der Waals surface area contributed by atoms with Gasteiger partial charge in [0.05, 0.1) is 14.3 Å². The SMILES string of the molecule is Cc1nc(-c2ncccc2Cl)nc(N)c1I. The minimum absolute atomic E-state index is 0.449. The van der Waals surface area contributed by atoms with Crippen molar-refractivity contribution in [2.45, 2.75) is 6.92 Å². The van der Waals surface area contributed by atoms with Gasteiger partial charge in [-0.3, -0.25) is 4.98 Å². The van der Waals surface area contributed by atoms with Crippen molar-refractivity contribution in [2.24, 2.45) is 0 Å². The summed E-state index contributed by atoms with van der Waals surface area (Å²) in [6.45, 7) is 1.88. The zero-order valence-corrected chi connectivity index (χ0v) is 11.3. The van der Waals surface area contributed by atoms with Crippen LogP contribution in [0, 0.1) is 10.5 Å². The van der Waals surface area contributed by atoms with E-state index in [1.165, 1.54) is 0 Å². The molecule has 2 rings (SSSR count). The number of pyridine rings is 1. The van der Waals surface area contributed by atoms with Gasteiger partial charge in [0.25, 0.3) is 0 Å². The number of rotatable bonds is 1. The number of nitrogen functional groups attached to an aromatic ring is 1. The fourth-order valence-corrected chi connectivity index (χ4v) is 1.68. The fraction of sp³-hybridized carbons (Fsp3) is 0.100. The van der Waals surface area contributed by atoms with Crippen LogP contribution in [0.15, 0.2) is 18.3 Å². The summed E-state index contributed by atoms with van der Waals surface area (Å²) >= 11 is 8.13. The van der Waals surface area contributed by atoms with Crippen LogP contribution in [0.5, 0.6) is 0 Å². The first-order valence-electron chi connectivity index (χ1n) is 4.50. The van der Waals surface area contributed by atoms with Crippen molar-refractivity contribution in [3.63, 3.8) is 0 Å². The Hall–Kier alpha value is -0.950. The molecule has 4 nitrogen and oxygen atoms in total. The van der Waals surface area contributed by atoms with Gasteiger partial charge in [0.2, 0.25) is 0 Å². The van der Waals surface area contributed by atoms with E-state index in [1.807, 2.05) is 6.92 Å². The molecular weight excluding hydrogens is 338 g/mol. The van der Waals surface area contributed by atoms with Crippen LogP contribution in [0.1, 0.15) is 5.69 Å². The summed E-state index contributed by atoms with van der Waals surface area (Å²) in [6, 6.07) is 3.51. The highest BCUT2D eigenvalue weighted by Crippen LogP contribution is 2.25. The van der Waals surface area contributed by atoms with E-state index in [0.717, 1.165) is 9.26 Å². The Labute approximate surface area is 111 Å². The van der Waals surface area contributed by atoms with Gasteiger partial charge in [-0.15, -0.1) is 0 Å². The van der Waals surface area contributed by atoms with Crippen molar-refractivity contribution in [1.82, 2.24) is 15.0 Å². The predicted octanol–water partition coefficient (Wildman–Crippen LogP) is 2.69. The molecule has 0 aliphatic heterocycles. The molecule has 0 bridgehead atoms. The molecule has 0 aliphatic carbocycles. The topological polar surface area (TPSA) is 64.7 Å². The lowest BCUT2D eigenvalue weighted by atomic mass is 10.3. The number of aromatic nitrogens is 3. The van der Waals surface area contributed by atoms with Gasteiger partial charge in [-0.05, 0) is 41.6 Å². The lowest BCUT2D eigenvalue weighted by Crippen LogP contribution is -2.03. The summed E-state index contributed by atoms with van der Waals surface area (Å²) in [4.78, 5) is 12.6. The van der Waals surface area contributed by atoms with E-state index in [2.05, 4.69) is 37.5 Å². The zero-order valence-electron chi connectivity index (χ0n) is 8.41. The van der Waals surface area contributed by atoms with E-state index < -0.39 is 0 Å². The zero-order chi connectivity index (χ0) is 11.7. The Balaban J connectivity index is 2.62. The quantitative estimate of drug-likeness (QED) is 0.806. The van der Waals surface area contributed by atoms with Crippen LogP contribution in [-0.2, 0) is 0 Å². The number of halogens is 2. The van der Waals surface area contributed by atoms with E-state index in [-0.39, 0.29) is 0 Å². The highest BCUT2D eigenvalue weighted by molar-refractivity contribution is 14.1. The maximum atomic E-state index is 6.02. The Morgan fingerprint density at radius 2 is 2.12 bits per heavy atom. The summed E-state index contributed by atoms with van der Waals surface area (Å²) < 4.78 is 0.855. The number of aryl methyl sites for hydroxylation is 1. The van der Waals surface area contributed by atoms with Crippen molar-refractivity contribution in [1.29, 1.82) is 0 Å². The van der Waals surface area contributed by atoms with Gasteiger partial charge in [0, 0.05) is 6.20 Å². The Morgan fingerprint density at radius 3 is 2.75 bits per heavy atom. The molecular formula is C10H8ClIN4. The number of anilines is 1. The maximum absolute atomic E-state index is 6.02. The van der Waals surface area contributed by atoms with Gasteiger partial charge in [-0.25, -0.2) is 9.97 Å². The first-order valence-corrected chi connectivity index (χ1v) is 5.95. The van der Waals surface area contributed by atoms with Gasteiger partial charge in [0.15, 0.2) is 5.82 Å². The summed E-state index contributed by atoms with van der Waals surface area (Å²) in [6.07, 6.45) is 1.65. The molecule has 82 valence electrons. The standard InChI is InChI=1S/C10H8ClIN4/c1-5-7(12)9(13)16-10(15-5)8-6(11)3-2-4-14-8/h2-4H,1H3,(H2,13,15,16). The molecule has 0 amide bonds. The molecule has 0 atom stereocenters. The lowest BCUT2D eigenvalue weighted by molar-refractivity contribution is 1.08. The van der Waals surface area contributed by atoms with Gasteiger partial charge in [-0.2, -0.15) is 0 Å². The molecule has 0 fully saturated rings. The molecule has 0 unspecified atom stereocenters. The van der Waals surface area contributed by atoms with Crippen LogP contribution in [0.4, 0.5) is 5.82 Å². The van der Waals surface area contributed by atoms with Crippen LogP contribution >= 0.6 is 34.2 Å². The van der Waals surface area contributed by atoms with Gasteiger partial charge in [-0.1, -0.05) is 11.6 Å². The number of hydrogen-bond acceptors (Lipinski definition) is 4. The third kappa shape index (κ3) is 2.10. The molecule has 2 aromatic heterocycles. The van der Waals surface area contributed by atoms with Crippen LogP contribution in [0.25, 0.3) is 11.5 Å². The average Bonchev–Trinajstić information content (AvgIpc) is 2.26. The average molecular weight is 347 g/mol. The fourth-order valence-electron chi connectivity index (χ4n) is 1.24. The highest BCUT2D eigenvalue weighted by Gasteiger charge is 2.11. The van der Waals surface area contributed by atoms with Crippen molar-refractivity contribution >= 4 is 40.0 Å². The van der Waals surface area contributed by atoms with Crippen molar-refractivity contribution < 1.29 is 0 Å². The Morgan fingerprint density at radius 1 is 1.38 bits per heavy atom. The molecule has 0 aromatic carbocycles. The highest BCUT2D eigenvalue weighted by atomic mass is 127. The van der Waals surface area contributed by atoms with Crippen LogP contribution in [0.3, 0.4) is 0 Å². The van der Waals surface area contributed by atoms with E-state index in [9.17, 15) is 0 Å². The third-order valence-electron chi connectivity index (χ3n) is 2.01. The smallest absolute Gasteiger partial charge is 0.182 e. The van der Waals surface area contributed by atoms with Crippen LogP contribution in [0.2, 0.25) is 5.02 Å². The molecule has 16 heavy (non-hydrogen) atoms. The normalized spacial score (nSPS) is 10.4. The van der Waals surface area contributed by atoms with E-state index in [4.69, 9.17) is 17.3 Å². The second-order valence-corrected chi connectivity index (χ2v) is 4.65. The first-order chi connectivity index (χ1) is 7.59. The molecule has 2 N–H and O–H groups in total. The predicted molar refractivity (Wildman–Crippen MR) is 72.1 cm³/mol. The summed E-state index contributed by atoms with van der Waals surface area (Å²) in [5.74, 6) is 0.908. The van der Waals surface area contributed by atoms with Gasteiger partial charge in [0.1, 0.15) is 11.5 Å². The van der Waals surface area contributed by atoms with Crippen LogP contribution in [-0.4, -0.2) is 15.0 Å². The second-order valence-electron chi connectivity index (χ2n) is 3.17. The molecule has 2 aromatic rings. The molecule has 0 saturated heterocycles. The molecule has 0 spiro atoms. The summed E-state index contributed by atoms with van der Waals surface area (Å²) in [5, 5.41) is 0.516. The first kappa shape index (κ1) is 11.5. The molecule has 0 radical (unpaired) electrons. The van der Waals surface area contributed by atoms with Gasteiger partial charge < -0.3 is 5.73 Å². The van der Waals surface area contributed by atoms with Crippen molar-refractivity contribution in [2.75, 3.05) is 5.73 Å². The van der Waals surface area contributed by atoms with E-state index in [1.54, 1.807) is 18.3 Å². The largest absolute Gasteiger partial charge is 0.383 e. The number of nitrogens with two attached hydrogens (primary N) is 1. The monoisotopic (exact) mass is 346 g/mol. The second kappa shape index (κ2) is 4.50. The third-order valence-corrected chi connectivity index (χ3v) is 3.65. The van der Waals surface area contributed by atoms with Gasteiger partial charge >= 0.3 is 0 Å². The number of hydrogen-bond donors (Lipinski definition) is 1. The Bertz CT molecular complexity index is 521. The minimum Gasteiger partial charge on any atom is -0.383 e. The lowest BCUT2D eigenvalue weighted by Gasteiger charge is -2.06. The summed E-state index contributed by atoms with van der Waals surface area (Å²) in [7, 11) is 0. The van der Waals surface area contributed by atoms with Crippen molar-refractivity contribution in [3.8, 4) is 11.5 Å². The summed E-state index contributed by atoms with van der Waals surface area (Å²) in [5.41, 5.74) is 7.15. The van der Waals surface area contributed by atoms with E-state index in [0.29, 0.717) is 22.4 Å². The number of nitrogens with zero attached hydrogens (tertiary/aromatic N) is 3. The molecule has 0 aliphatic rings. The van der Waals surface area contributed by atoms with Crippen LogP contribution < -0.4 is 5.73 Å². The molecule has 0 saturated carbocycles. The van der Waals surface area contributed by atoms with Crippen molar-refractivity contribution in [3.05, 3.63) is 32.6 Å². The van der Waals surface area contributed by atoms with E-state index >= 15 is 0 Å².